The van der Waals surface area contributed by atoms with Crippen molar-refractivity contribution in [1.82, 2.24) is 4.90 Å². The molecule has 1 heterocycles. The van der Waals surface area contributed by atoms with E-state index < -0.39 is 5.97 Å². The molecule has 1 aliphatic heterocycles. The number of amides is 1. The second-order valence-electron chi connectivity index (χ2n) is 6.13. The van der Waals surface area contributed by atoms with Crippen molar-refractivity contribution in [2.24, 2.45) is 17.3 Å². The lowest BCUT2D eigenvalue weighted by molar-refractivity contribution is 0.0694. The second kappa shape index (κ2) is 3.83. The molecule has 2 aliphatic rings. The van der Waals surface area contributed by atoms with E-state index in [1.54, 1.807) is 12.1 Å². The molecule has 2 fully saturated rings. The first-order valence-corrected chi connectivity index (χ1v) is 6.54. The number of carbonyl (C=O) groups excluding carboxylic acids is 1. The highest BCUT2D eigenvalue weighted by atomic mass is 16.4. The van der Waals surface area contributed by atoms with Crippen LogP contribution in [0.15, 0.2) is 24.3 Å². The highest BCUT2D eigenvalue weighted by molar-refractivity contribution is 5.96. The molecule has 0 spiro atoms. The van der Waals surface area contributed by atoms with Gasteiger partial charge in [-0.2, -0.15) is 0 Å². The van der Waals surface area contributed by atoms with Crippen LogP contribution in [0, 0.1) is 17.3 Å². The summed E-state index contributed by atoms with van der Waals surface area (Å²) >= 11 is 0. The maximum absolute atomic E-state index is 12.3. The molecule has 1 saturated heterocycles. The number of carbonyl (C=O) groups is 2. The lowest BCUT2D eigenvalue weighted by Gasteiger charge is -2.22. The Morgan fingerprint density at radius 2 is 1.58 bits per heavy atom. The number of hydrogen-bond donors (Lipinski definition) is 1. The molecule has 1 saturated carbocycles. The van der Waals surface area contributed by atoms with E-state index in [0.29, 0.717) is 22.8 Å². The van der Waals surface area contributed by atoms with Gasteiger partial charge < -0.3 is 10.0 Å². The minimum atomic E-state index is -0.969. The van der Waals surface area contributed by atoms with Crippen molar-refractivity contribution in [3.8, 4) is 0 Å². The van der Waals surface area contributed by atoms with Crippen molar-refractivity contribution in [3.63, 3.8) is 0 Å². The molecule has 19 heavy (non-hydrogen) atoms. The summed E-state index contributed by atoms with van der Waals surface area (Å²) < 4.78 is 0. The van der Waals surface area contributed by atoms with E-state index in [1.165, 1.54) is 12.1 Å². The third-order valence-corrected chi connectivity index (χ3v) is 4.79. The summed E-state index contributed by atoms with van der Waals surface area (Å²) in [4.78, 5) is 24.9. The summed E-state index contributed by atoms with van der Waals surface area (Å²) in [7, 11) is 0. The molecule has 1 amide bonds. The number of carboxylic acids is 1. The van der Waals surface area contributed by atoms with Crippen LogP contribution in [0.3, 0.4) is 0 Å². The standard InChI is InChI=1S/C15H17NO3/c1-15(2)11-7-16(8-12(11)15)13(17)9-3-5-10(6-4-9)14(18)19/h3-6,11-12H,7-8H2,1-2H3,(H,18,19)/t11-,12+. The zero-order valence-corrected chi connectivity index (χ0v) is 11.1. The summed E-state index contributed by atoms with van der Waals surface area (Å²) in [5.41, 5.74) is 1.18. The van der Waals surface area contributed by atoms with Gasteiger partial charge in [-0.1, -0.05) is 13.8 Å². The molecule has 0 bridgehead atoms. The average molecular weight is 259 g/mol. The summed E-state index contributed by atoms with van der Waals surface area (Å²) in [6.07, 6.45) is 0. The number of aromatic carboxylic acids is 1. The van der Waals surface area contributed by atoms with Gasteiger partial charge >= 0.3 is 5.97 Å². The zero-order valence-electron chi connectivity index (χ0n) is 11.1. The molecule has 0 aromatic heterocycles. The molecule has 1 aliphatic carbocycles. The smallest absolute Gasteiger partial charge is 0.335 e. The summed E-state index contributed by atoms with van der Waals surface area (Å²) in [6, 6.07) is 6.16. The molecule has 1 aromatic carbocycles. The number of fused-ring (bicyclic) bond motifs is 1. The van der Waals surface area contributed by atoms with Gasteiger partial charge in [-0.15, -0.1) is 0 Å². The fourth-order valence-corrected chi connectivity index (χ4v) is 3.24. The minimum absolute atomic E-state index is 0.0138. The van der Waals surface area contributed by atoms with Gasteiger partial charge in [0.25, 0.3) is 5.91 Å². The minimum Gasteiger partial charge on any atom is -0.478 e. The molecule has 0 radical (unpaired) electrons. The van der Waals surface area contributed by atoms with Crippen LogP contribution < -0.4 is 0 Å². The van der Waals surface area contributed by atoms with E-state index in [4.69, 9.17) is 5.11 Å². The molecular weight excluding hydrogens is 242 g/mol. The molecule has 1 aromatic rings. The molecule has 3 rings (SSSR count). The maximum atomic E-state index is 12.3. The number of carboxylic acid groups (broad SMARTS) is 1. The molecule has 100 valence electrons. The first kappa shape index (κ1) is 12.2. The molecule has 1 N–H and O–H groups in total. The van der Waals surface area contributed by atoms with Crippen molar-refractivity contribution in [1.29, 1.82) is 0 Å². The van der Waals surface area contributed by atoms with Crippen LogP contribution in [0.2, 0.25) is 0 Å². The predicted octanol–water partition coefficient (Wildman–Crippen LogP) is 2.11. The van der Waals surface area contributed by atoms with Crippen LogP contribution in [-0.4, -0.2) is 35.0 Å². The van der Waals surface area contributed by atoms with Gasteiger partial charge in [0.1, 0.15) is 0 Å². The molecular formula is C15H17NO3. The predicted molar refractivity (Wildman–Crippen MR) is 70.1 cm³/mol. The van der Waals surface area contributed by atoms with Crippen molar-refractivity contribution in [2.75, 3.05) is 13.1 Å². The van der Waals surface area contributed by atoms with Gasteiger partial charge in [0.15, 0.2) is 0 Å². The zero-order chi connectivity index (χ0) is 13.8. The van der Waals surface area contributed by atoms with E-state index in [0.717, 1.165) is 13.1 Å². The van der Waals surface area contributed by atoms with Gasteiger partial charge in [-0.3, -0.25) is 4.79 Å². The number of benzene rings is 1. The Morgan fingerprint density at radius 1 is 1.11 bits per heavy atom. The van der Waals surface area contributed by atoms with Crippen LogP contribution in [0.4, 0.5) is 0 Å². The van der Waals surface area contributed by atoms with Crippen molar-refractivity contribution < 1.29 is 14.7 Å². The van der Waals surface area contributed by atoms with Crippen LogP contribution in [0.25, 0.3) is 0 Å². The topological polar surface area (TPSA) is 57.6 Å². The van der Waals surface area contributed by atoms with Crippen molar-refractivity contribution in [3.05, 3.63) is 35.4 Å². The maximum Gasteiger partial charge on any atom is 0.335 e. The number of hydrogen-bond acceptors (Lipinski definition) is 2. The van der Waals surface area contributed by atoms with Gasteiger partial charge in [-0.25, -0.2) is 4.79 Å². The fourth-order valence-electron chi connectivity index (χ4n) is 3.24. The van der Waals surface area contributed by atoms with Gasteiger partial charge in [0.2, 0.25) is 0 Å². The van der Waals surface area contributed by atoms with Gasteiger partial charge in [0.05, 0.1) is 5.56 Å². The van der Waals surface area contributed by atoms with Crippen molar-refractivity contribution >= 4 is 11.9 Å². The van der Waals surface area contributed by atoms with E-state index in [1.807, 2.05) is 4.90 Å². The summed E-state index contributed by atoms with van der Waals surface area (Å²) in [6.45, 7) is 6.17. The summed E-state index contributed by atoms with van der Waals surface area (Å²) in [5, 5.41) is 8.83. The highest BCUT2D eigenvalue weighted by Gasteiger charge is 2.62. The van der Waals surface area contributed by atoms with Crippen LogP contribution >= 0.6 is 0 Å². The Hall–Kier alpha value is -1.84. The van der Waals surface area contributed by atoms with Crippen LogP contribution in [-0.2, 0) is 0 Å². The van der Waals surface area contributed by atoms with Gasteiger partial charge in [0, 0.05) is 18.7 Å². The first-order chi connectivity index (χ1) is 8.91. The Morgan fingerprint density at radius 3 is 2.05 bits per heavy atom. The number of likely N-dealkylation sites (tertiary alicyclic amines) is 1. The number of nitrogens with zero attached hydrogens (tertiary/aromatic N) is 1. The van der Waals surface area contributed by atoms with E-state index >= 15 is 0 Å². The lowest BCUT2D eigenvalue weighted by atomic mass is 10.1. The Balaban J connectivity index is 1.70. The van der Waals surface area contributed by atoms with E-state index in [9.17, 15) is 9.59 Å². The van der Waals surface area contributed by atoms with Crippen LogP contribution in [0.5, 0.6) is 0 Å². The van der Waals surface area contributed by atoms with E-state index in [2.05, 4.69) is 13.8 Å². The first-order valence-electron chi connectivity index (χ1n) is 6.54. The highest BCUT2D eigenvalue weighted by Crippen LogP contribution is 2.62. The second-order valence-corrected chi connectivity index (χ2v) is 6.13. The SMILES string of the molecule is CC1(C)[C@@H]2CN(C(=O)c3ccc(C(=O)O)cc3)C[C@@H]21. The number of piperidine rings is 1. The Labute approximate surface area is 112 Å². The summed E-state index contributed by atoms with van der Waals surface area (Å²) in [5.74, 6) is 0.313. The third-order valence-electron chi connectivity index (χ3n) is 4.79. The lowest BCUT2D eigenvalue weighted by Crippen LogP contribution is -2.32. The van der Waals surface area contributed by atoms with Gasteiger partial charge in [-0.05, 0) is 41.5 Å². The normalized spacial score (nSPS) is 26.9. The molecule has 2 atom stereocenters. The molecule has 4 nitrogen and oxygen atoms in total. The molecule has 4 heteroatoms. The Bertz CT molecular complexity index is 533. The van der Waals surface area contributed by atoms with E-state index in [-0.39, 0.29) is 11.5 Å². The van der Waals surface area contributed by atoms with Crippen LogP contribution in [0.1, 0.15) is 34.6 Å². The average Bonchev–Trinajstić information content (AvgIpc) is 2.79. The third kappa shape index (κ3) is 1.82. The monoisotopic (exact) mass is 259 g/mol. The quantitative estimate of drug-likeness (QED) is 0.885. The Kier molecular flexibility index (Phi) is 2.46. The van der Waals surface area contributed by atoms with Crippen molar-refractivity contribution in [2.45, 2.75) is 13.8 Å². The number of rotatable bonds is 2. The largest absolute Gasteiger partial charge is 0.478 e. The molecule has 0 unspecified atom stereocenters. The fraction of sp³-hybridized carbons (Fsp3) is 0.467.